The fourth-order valence-electron chi connectivity index (χ4n) is 1.43. The van der Waals surface area contributed by atoms with Crippen LogP contribution in [0.3, 0.4) is 0 Å². The van der Waals surface area contributed by atoms with Gasteiger partial charge in [0.25, 0.3) is 0 Å². The minimum absolute atomic E-state index is 0.278. The molecular formula is C11H21NO. The molecule has 0 aromatic carbocycles. The number of unbranched alkanes of at least 4 members (excludes halogenated alkanes) is 1. The summed E-state index contributed by atoms with van der Waals surface area (Å²) in [4.78, 5) is 11.0. The minimum Gasteiger partial charge on any atom is -0.366 e. The Labute approximate surface area is 81.2 Å². The summed E-state index contributed by atoms with van der Waals surface area (Å²) in [5, 5.41) is 0. The molecule has 13 heavy (non-hydrogen) atoms. The van der Waals surface area contributed by atoms with Gasteiger partial charge >= 0.3 is 0 Å². The summed E-state index contributed by atoms with van der Waals surface area (Å²) >= 11 is 0. The van der Waals surface area contributed by atoms with Gasteiger partial charge in [0.05, 0.1) is 0 Å². The third-order valence-electron chi connectivity index (χ3n) is 2.35. The van der Waals surface area contributed by atoms with Gasteiger partial charge in [0.15, 0.2) is 0 Å². The largest absolute Gasteiger partial charge is 0.366 e. The van der Waals surface area contributed by atoms with E-state index in [1.807, 2.05) is 6.92 Å². The molecule has 0 rings (SSSR count). The van der Waals surface area contributed by atoms with E-state index in [4.69, 9.17) is 5.73 Å². The van der Waals surface area contributed by atoms with E-state index in [2.05, 4.69) is 20.8 Å². The number of carbonyl (C=O) groups is 1. The van der Waals surface area contributed by atoms with E-state index in [0.717, 1.165) is 24.8 Å². The first kappa shape index (κ1) is 12.2. The molecule has 2 N–H and O–H groups in total. The van der Waals surface area contributed by atoms with Crippen molar-refractivity contribution in [1.82, 2.24) is 0 Å². The first-order valence-corrected chi connectivity index (χ1v) is 5.00. The van der Waals surface area contributed by atoms with Crippen molar-refractivity contribution in [3.63, 3.8) is 0 Å². The SMILES string of the molecule is CCCCC(=C(C)C(N)=O)C(C)C. The summed E-state index contributed by atoms with van der Waals surface area (Å²) < 4.78 is 0. The van der Waals surface area contributed by atoms with Crippen molar-refractivity contribution in [2.24, 2.45) is 11.7 Å². The first-order valence-electron chi connectivity index (χ1n) is 5.00. The van der Waals surface area contributed by atoms with Crippen LogP contribution in [0.1, 0.15) is 47.0 Å². The van der Waals surface area contributed by atoms with Crippen LogP contribution in [0.5, 0.6) is 0 Å². The Hall–Kier alpha value is -0.790. The highest BCUT2D eigenvalue weighted by atomic mass is 16.1. The van der Waals surface area contributed by atoms with Gasteiger partial charge in [-0.2, -0.15) is 0 Å². The highest BCUT2D eigenvalue weighted by molar-refractivity contribution is 5.92. The van der Waals surface area contributed by atoms with Crippen molar-refractivity contribution in [3.05, 3.63) is 11.1 Å². The Balaban J connectivity index is 4.57. The van der Waals surface area contributed by atoms with Gasteiger partial charge < -0.3 is 5.73 Å². The van der Waals surface area contributed by atoms with E-state index >= 15 is 0 Å². The summed E-state index contributed by atoms with van der Waals surface area (Å²) in [7, 11) is 0. The van der Waals surface area contributed by atoms with Crippen molar-refractivity contribution in [2.75, 3.05) is 0 Å². The number of carbonyl (C=O) groups excluding carboxylic acids is 1. The lowest BCUT2D eigenvalue weighted by Gasteiger charge is -2.13. The van der Waals surface area contributed by atoms with Gasteiger partial charge in [0.1, 0.15) is 0 Å². The van der Waals surface area contributed by atoms with Crippen LogP contribution >= 0.6 is 0 Å². The maximum absolute atomic E-state index is 11.0. The van der Waals surface area contributed by atoms with Crippen LogP contribution in [-0.4, -0.2) is 5.91 Å². The maximum atomic E-state index is 11.0. The second kappa shape index (κ2) is 5.79. The number of nitrogens with two attached hydrogens (primary N) is 1. The van der Waals surface area contributed by atoms with Crippen molar-refractivity contribution in [1.29, 1.82) is 0 Å². The summed E-state index contributed by atoms with van der Waals surface area (Å²) in [6, 6.07) is 0. The van der Waals surface area contributed by atoms with Gasteiger partial charge in [-0.05, 0) is 25.7 Å². The van der Waals surface area contributed by atoms with Crippen molar-refractivity contribution in [3.8, 4) is 0 Å². The molecule has 0 aromatic heterocycles. The Morgan fingerprint density at radius 2 is 1.92 bits per heavy atom. The number of amides is 1. The molecule has 0 unspecified atom stereocenters. The van der Waals surface area contributed by atoms with Crippen LogP contribution in [-0.2, 0) is 4.79 Å². The zero-order valence-electron chi connectivity index (χ0n) is 9.18. The smallest absolute Gasteiger partial charge is 0.244 e. The Morgan fingerprint density at radius 3 is 2.23 bits per heavy atom. The summed E-state index contributed by atoms with van der Waals surface area (Å²) in [5.41, 5.74) is 7.22. The second-order valence-electron chi connectivity index (χ2n) is 3.77. The molecule has 0 bridgehead atoms. The predicted octanol–water partition coefficient (Wildman–Crippen LogP) is 2.63. The monoisotopic (exact) mass is 183 g/mol. The molecular weight excluding hydrogens is 162 g/mol. The average molecular weight is 183 g/mol. The molecule has 0 saturated carbocycles. The normalized spacial score (nSPS) is 13.0. The van der Waals surface area contributed by atoms with E-state index < -0.39 is 0 Å². The molecule has 0 fully saturated rings. The van der Waals surface area contributed by atoms with Gasteiger partial charge in [-0.25, -0.2) is 0 Å². The van der Waals surface area contributed by atoms with Crippen molar-refractivity contribution >= 4 is 5.91 Å². The van der Waals surface area contributed by atoms with E-state index in [9.17, 15) is 4.79 Å². The lowest BCUT2D eigenvalue weighted by atomic mass is 9.93. The molecule has 0 atom stereocenters. The fraction of sp³-hybridized carbons (Fsp3) is 0.727. The van der Waals surface area contributed by atoms with Crippen LogP contribution in [0.4, 0.5) is 0 Å². The third kappa shape index (κ3) is 4.11. The number of allylic oxidation sites excluding steroid dienone is 1. The second-order valence-corrected chi connectivity index (χ2v) is 3.77. The molecule has 76 valence electrons. The predicted molar refractivity (Wildman–Crippen MR) is 56.3 cm³/mol. The van der Waals surface area contributed by atoms with Crippen molar-refractivity contribution < 1.29 is 4.79 Å². The number of hydrogen-bond donors (Lipinski definition) is 1. The van der Waals surface area contributed by atoms with Gasteiger partial charge in [-0.1, -0.05) is 32.8 Å². The Morgan fingerprint density at radius 1 is 1.38 bits per heavy atom. The Kier molecular flexibility index (Phi) is 5.44. The molecule has 2 nitrogen and oxygen atoms in total. The fourth-order valence-corrected chi connectivity index (χ4v) is 1.43. The lowest BCUT2D eigenvalue weighted by Crippen LogP contribution is -2.15. The molecule has 0 aliphatic carbocycles. The van der Waals surface area contributed by atoms with Crippen LogP contribution in [0.15, 0.2) is 11.1 Å². The topological polar surface area (TPSA) is 43.1 Å². The van der Waals surface area contributed by atoms with Gasteiger partial charge in [0.2, 0.25) is 5.91 Å². The molecule has 1 amide bonds. The molecule has 0 aliphatic rings. The highest BCUT2D eigenvalue weighted by Crippen LogP contribution is 2.20. The summed E-state index contributed by atoms with van der Waals surface area (Å²) in [6.07, 6.45) is 3.29. The van der Waals surface area contributed by atoms with E-state index in [1.165, 1.54) is 5.57 Å². The first-order chi connectivity index (χ1) is 6.00. The zero-order valence-corrected chi connectivity index (χ0v) is 9.18. The molecule has 0 saturated heterocycles. The van der Waals surface area contributed by atoms with Crippen LogP contribution in [0.25, 0.3) is 0 Å². The van der Waals surface area contributed by atoms with Gasteiger partial charge in [-0.15, -0.1) is 0 Å². The highest BCUT2D eigenvalue weighted by Gasteiger charge is 2.10. The van der Waals surface area contributed by atoms with Crippen LogP contribution < -0.4 is 5.73 Å². The van der Waals surface area contributed by atoms with Crippen LogP contribution in [0, 0.1) is 5.92 Å². The standard InChI is InChI=1S/C11H21NO/c1-5-6-7-10(8(2)3)9(4)11(12)13/h8H,5-7H2,1-4H3,(H2,12,13). The lowest BCUT2D eigenvalue weighted by molar-refractivity contribution is -0.114. The molecule has 0 heterocycles. The van der Waals surface area contributed by atoms with E-state index in [-0.39, 0.29) is 5.91 Å². The molecule has 0 radical (unpaired) electrons. The van der Waals surface area contributed by atoms with Gasteiger partial charge in [-0.3, -0.25) is 4.79 Å². The molecule has 0 aliphatic heterocycles. The number of primary amides is 1. The molecule has 2 heteroatoms. The molecule has 0 spiro atoms. The van der Waals surface area contributed by atoms with Crippen LogP contribution in [0.2, 0.25) is 0 Å². The average Bonchev–Trinajstić information content (AvgIpc) is 2.04. The van der Waals surface area contributed by atoms with E-state index in [0.29, 0.717) is 5.92 Å². The summed E-state index contributed by atoms with van der Waals surface area (Å²) in [6.45, 7) is 8.19. The zero-order chi connectivity index (χ0) is 10.4. The quantitative estimate of drug-likeness (QED) is 0.654. The van der Waals surface area contributed by atoms with Crippen molar-refractivity contribution in [2.45, 2.75) is 47.0 Å². The number of rotatable bonds is 5. The maximum Gasteiger partial charge on any atom is 0.244 e. The minimum atomic E-state index is -0.278. The van der Waals surface area contributed by atoms with Gasteiger partial charge in [0, 0.05) is 5.57 Å². The Bertz CT molecular complexity index is 204. The third-order valence-corrected chi connectivity index (χ3v) is 2.35. The summed E-state index contributed by atoms with van der Waals surface area (Å²) in [5.74, 6) is 0.152. The molecule has 0 aromatic rings. The number of hydrogen-bond acceptors (Lipinski definition) is 1. The van der Waals surface area contributed by atoms with E-state index in [1.54, 1.807) is 0 Å².